The van der Waals surface area contributed by atoms with Crippen molar-refractivity contribution in [2.24, 2.45) is 0 Å². The predicted octanol–water partition coefficient (Wildman–Crippen LogP) is 2.89. The van der Waals surface area contributed by atoms with E-state index in [1.165, 1.54) is 34.9 Å². The van der Waals surface area contributed by atoms with Gasteiger partial charge in [0.25, 0.3) is 5.56 Å². The summed E-state index contributed by atoms with van der Waals surface area (Å²) in [4.78, 5) is 23.4. The first-order valence-electron chi connectivity index (χ1n) is 6.65. The standard InChI is InChI=1S/C17H12FNO3/c18-14-4-5-15-12(9-14)6-7-19(16(15)20)10-11-2-1-3-13(8-11)17(21)22/h1-9H,10H2,(H,21,22). The van der Waals surface area contributed by atoms with E-state index in [0.29, 0.717) is 16.3 Å². The normalized spacial score (nSPS) is 10.8. The second-order valence-electron chi connectivity index (χ2n) is 4.99. The minimum absolute atomic E-state index is 0.174. The average molecular weight is 297 g/mol. The van der Waals surface area contributed by atoms with Crippen LogP contribution in [0.3, 0.4) is 0 Å². The number of aromatic carboxylic acids is 1. The molecule has 0 unspecified atom stereocenters. The lowest BCUT2D eigenvalue weighted by atomic mass is 10.1. The van der Waals surface area contributed by atoms with Crippen molar-refractivity contribution >= 4 is 16.7 Å². The van der Waals surface area contributed by atoms with Crippen molar-refractivity contribution in [1.82, 2.24) is 4.57 Å². The number of carbonyl (C=O) groups is 1. The predicted molar refractivity (Wildman–Crippen MR) is 80.7 cm³/mol. The van der Waals surface area contributed by atoms with Gasteiger partial charge in [-0.25, -0.2) is 9.18 Å². The van der Waals surface area contributed by atoms with Crippen molar-refractivity contribution in [2.75, 3.05) is 0 Å². The molecule has 1 N–H and O–H groups in total. The van der Waals surface area contributed by atoms with E-state index < -0.39 is 5.97 Å². The zero-order valence-electron chi connectivity index (χ0n) is 11.5. The first-order chi connectivity index (χ1) is 10.5. The Hall–Kier alpha value is -2.95. The van der Waals surface area contributed by atoms with Gasteiger partial charge in [-0.2, -0.15) is 0 Å². The molecule has 0 radical (unpaired) electrons. The molecule has 0 saturated heterocycles. The van der Waals surface area contributed by atoms with Gasteiger partial charge in [0.2, 0.25) is 0 Å². The Kier molecular flexibility index (Phi) is 3.47. The molecule has 2 aromatic carbocycles. The molecule has 0 amide bonds. The fraction of sp³-hybridized carbons (Fsp3) is 0.0588. The molecule has 0 aliphatic heterocycles. The Bertz CT molecular complexity index is 931. The van der Waals surface area contributed by atoms with E-state index in [0.717, 1.165) is 0 Å². The smallest absolute Gasteiger partial charge is 0.335 e. The highest BCUT2D eigenvalue weighted by Crippen LogP contribution is 2.12. The molecule has 4 nitrogen and oxygen atoms in total. The molecule has 3 rings (SSSR count). The van der Waals surface area contributed by atoms with Gasteiger partial charge in [0.15, 0.2) is 0 Å². The summed E-state index contributed by atoms with van der Waals surface area (Å²) in [5.74, 6) is -1.40. The Balaban J connectivity index is 2.03. The molecule has 1 aromatic heterocycles. The lowest BCUT2D eigenvalue weighted by Gasteiger charge is -2.08. The topological polar surface area (TPSA) is 59.3 Å². The Morgan fingerprint density at radius 2 is 1.95 bits per heavy atom. The van der Waals surface area contributed by atoms with Crippen LogP contribution in [0.15, 0.2) is 59.5 Å². The van der Waals surface area contributed by atoms with Gasteiger partial charge in [0, 0.05) is 11.6 Å². The molecule has 0 saturated carbocycles. The van der Waals surface area contributed by atoms with Gasteiger partial charge < -0.3 is 9.67 Å². The van der Waals surface area contributed by atoms with Crippen molar-refractivity contribution in [2.45, 2.75) is 6.54 Å². The number of halogens is 1. The third kappa shape index (κ3) is 2.61. The summed E-state index contributed by atoms with van der Waals surface area (Å²) in [6, 6.07) is 12.1. The number of benzene rings is 2. The monoisotopic (exact) mass is 297 g/mol. The van der Waals surface area contributed by atoms with Crippen LogP contribution < -0.4 is 5.56 Å². The van der Waals surface area contributed by atoms with Crippen molar-refractivity contribution in [3.63, 3.8) is 0 Å². The number of rotatable bonds is 3. The van der Waals surface area contributed by atoms with Crippen molar-refractivity contribution < 1.29 is 14.3 Å². The minimum atomic E-state index is -1.01. The summed E-state index contributed by atoms with van der Waals surface area (Å²) in [7, 11) is 0. The van der Waals surface area contributed by atoms with Crippen molar-refractivity contribution in [1.29, 1.82) is 0 Å². The number of hydrogen-bond acceptors (Lipinski definition) is 2. The molecule has 0 aliphatic rings. The van der Waals surface area contributed by atoms with E-state index in [9.17, 15) is 14.0 Å². The van der Waals surface area contributed by atoms with Crippen LogP contribution in [0, 0.1) is 5.82 Å². The van der Waals surface area contributed by atoms with Gasteiger partial charge in [0.05, 0.1) is 12.1 Å². The highest BCUT2D eigenvalue weighted by atomic mass is 19.1. The second kappa shape index (κ2) is 5.44. The summed E-state index contributed by atoms with van der Waals surface area (Å²) in [5, 5.41) is 9.96. The van der Waals surface area contributed by atoms with Crippen LogP contribution in [0.1, 0.15) is 15.9 Å². The number of fused-ring (bicyclic) bond motifs is 1. The van der Waals surface area contributed by atoms with Gasteiger partial charge in [-0.05, 0) is 47.3 Å². The Morgan fingerprint density at radius 3 is 2.73 bits per heavy atom. The van der Waals surface area contributed by atoms with Crippen LogP contribution in [0.4, 0.5) is 4.39 Å². The van der Waals surface area contributed by atoms with Crippen LogP contribution in [0.5, 0.6) is 0 Å². The van der Waals surface area contributed by atoms with Crippen LogP contribution in [0.2, 0.25) is 0 Å². The molecule has 3 aromatic rings. The summed E-state index contributed by atoms with van der Waals surface area (Å²) in [5.41, 5.74) is 0.648. The highest BCUT2D eigenvalue weighted by Gasteiger charge is 2.07. The van der Waals surface area contributed by atoms with Crippen LogP contribution >= 0.6 is 0 Å². The van der Waals surface area contributed by atoms with Gasteiger partial charge in [-0.3, -0.25) is 4.79 Å². The molecule has 0 aliphatic carbocycles. The number of aromatic nitrogens is 1. The van der Waals surface area contributed by atoms with E-state index in [1.54, 1.807) is 24.4 Å². The fourth-order valence-corrected chi connectivity index (χ4v) is 2.38. The maximum absolute atomic E-state index is 13.2. The number of pyridine rings is 1. The van der Waals surface area contributed by atoms with E-state index in [1.807, 2.05) is 0 Å². The molecule has 1 heterocycles. The summed E-state index contributed by atoms with van der Waals surface area (Å²) < 4.78 is 14.6. The highest BCUT2D eigenvalue weighted by molar-refractivity contribution is 5.87. The van der Waals surface area contributed by atoms with Crippen LogP contribution in [-0.2, 0) is 6.54 Å². The fourth-order valence-electron chi connectivity index (χ4n) is 2.38. The van der Waals surface area contributed by atoms with Gasteiger partial charge in [0.1, 0.15) is 5.82 Å². The Labute approximate surface area is 125 Å². The zero-order chi connectivity index (χ0) is 15.7. The average Bonchev–Trinajstić information content (AvgIpc) is 2.50. The molecular formula is C17H12FNO3. The van der Waals surface area contributed by atoms with Gasteiger partial charge in [-0.1, -0.05) is 12.1 Å². The van der Waals surface area contributed by atoms with E-state index in [2.05, 4.69) is 0 Å². The number of carboxylic acids is 1. The lowest BCUT2D eigenvalue weighted by molar-refractivity contribution is 0.0696. The van der Waals surface area contributed by atoms with Crippen molar-refractivity contribution in [3.8, 4) is 0 Å². The zero-order valence-corrected chi connectivity index (χ0v) is 11.5. The minimum Gasteiger partial charge on any atom is -0.478 e. The largest absolute Gasteiger partial charge is 0.478 e. The van der Waals surface area contributed by atoms with E-state index in [-0.39, 0.29) is 23.5 Å². The third-order valence-corrected chi connectivity index (χ3v) is 3.47. The lowest BCUT2D eigenvalue weighted by Crippen LogP contribution is -2.20. The number of hydrogen-bond donors (Lipinski definition) is 1. The van der Waals surface area contributed by atoms with Crippen molar-refractivity contribution in [3.05, 3.63) is 82.0 Å². The number of nitrogens with zero attached hydrogens (tertiary/aromatic N) is 1. The second-order valence-corrected chi connectivity index (χ2v) is 4.99. The molecule has 22 heavy (non-hydrogen) atoms. The van der Waals surface area contributed by atoms with E-state index in [4.69, 9.17) is 5.11 Å². The van der Waals surface area contributed by atoms with Crippen LogP contribution in [-0.4, -0.2) is 15.6 Å². The van der Waals surface area contributed by atoms with Gasteiger partial charge in [-0.15, -0.1) is 0 Å². The molecule has 5 heteroatoms. The van der Waals surface area contributed by atoms with Gasteiger partial charge >= 0.3 is 5.97 Å². The SMILES string of the molecule is O=C(O)c1cccc(Cn2ccc3cc(F)ccc3c2=O)c1. The quantitative estimate of drug-likeness (QED) is 0.808. The first kappa shape index (κ1) is 14.0. The Morgan fingerprint density at radius 1 is 1.14 bits per heavy atom. The molecule has 0 bridgehead atoms. The summed E-state index contributed by atoms with van der Waals surface area (Å²) >= 11 is 0. The van der Waals surface area contributed by atoms with E-state index >= 15 is 0 Å². The summed E-state index contributed by atoms with van der Waals surface area (Å²) in [6.45, 7) is 0.257. The molecule has 0 fully saturated rings. The maximum atomic E-state index is 13.2. The maximum Gasteiger partial charge on any atom is 0.335 e. The molecule has 110 valence electrons. The molecular weight excluding hydrogens is 285 g/mol. The molecule has 0 atom stereocenters. The first-order valence-corrected chi connectivity index (χ1v) is 6.65. The van der Waals surface area contributed by atoms with Crippen LogP contribution in [0.25, 0.3) is 10.8 Å². The number of carboxylic acid groups (broad SMARTS) is 1. The molecule has 0 spiro atoms. The summed E-state index contributed by atoms with van der Waals surface area (Å²) in [6.07, 6.45) is 1.58. The third-order valence-electron chi connectivity index (χ3n) is 3.47.